The molecule has 0 saturated carbocycles. The average Bonchev–Trinajstić information content (AvgIpc) is 2.72. The molecule has 2 N–H and O–H groups in total. The summed E-state index contributed by atoms with van der Waals surface area (Å²) in [6.07, 6.45) is 0. The molecule has 90 valence electrons. The van der Waals surface area contributed by atoms with E-state index in [-0.39, 0.29) is 16.9 Å². The van der Waals surface area contributed by atoms with Crippen LogP contribution < -0.4 is 11.2 Å². The zero-order valence-electron chi connectivity index (χ0n) is 8.71. The van der Waals surface area contributed by atoms with Crippen LogP contribution in [0.5, 0.6) is 0 Å². The van der Waals surface area contributed by atoms with E-state index < -0.39 is 16.2 Å². The van der Waals surface area contributed by atoms with Crippen molar-refractivity contribution in [1.29, 1.82) is 0 Å². The van der Waals surface area contributed by atoms with Gasteiger partial charge in [0.2, 0.25) is 5.65 Å². The molecule has 2 heterocycles. The summed E-state index contributed by atoms with van der Waals surface area (Å²) in [6.45, 7) is 0. The van der Waals surface area contributed by atoms with Gasteiger partial charge in [-0.25, -0.2) is 14.3 Å². The summed E-state index contributed by atoms with van der Waals surface area (Å²) in [6, 6.07) is 3.82. The van der Waals surface area contributed by atoms with Crippen LogP contribution in [0.25, 0.3) is 16.7 Å². The van der Waals surface area contributed by atoms with Gasteiger partial charge in [0.15, 0.2) is 0 Å². The molecule has 0 unspecified atom stereocenters. The maximum atomic E-state index is 11.6. The Hall–Kier alpha value is -2.97. The summed E-state index contributed by atoms with van der Waals surface area (Å²) in [4.78, 5) is 35.7. The van der Waals surface area contributed by atoms with E-state index in [1.165, 1.54) is 18.2 Å². The minimum atomic E-state index is -0.624. The number of aromatic amines is 2. The monoisotopic (exact) mass is 247 g/mol. The number of H-pyrrole nitrogens is 2. The molecule has 3 aromatic rings. The van der Waals surface area contributed by atoms with E-state index in [1.54, 1.807) is 0 Å². The van der Waals surface area contributed by atoms with Gasteiger partial charge in [0.05, 0.1) is 16.0 Å². The first kappa shape index (κ1) is 10.2. The summed E-state index contributed by atoms with van der Waals surface area (Å²) in [5.74, 6) is 0. The van der Waals surface area contributed by atoms with Crippen LogP contribution >= 0.6 is 0 Å². The zero-order valence-corrected chi connectivity index (χ0v) is 8.71. The van der Waals surface area contributed by atoms with Crippen molar-refractivity contribution in [3.63, 3.8) is 0 Å². The molecular formula is C9H5N5O4. The van der Waals surface area contributed by atoms with Crippen LogP contribution in [0.2, 0.25) is 0 Å². The van der Waals surface area contributed by atoms with Crippen molar-refractivity contribution in [2.75, 3.05) is 0 Å². The summed E-state index contributed by atoms with van der Waals surface area (Å²) in [5, 5.41) is 16.4. The van der Waals surface area contributed by atoms with Crippen molar-refractivity contribution in [3.8, 4) is 0 Å². The van der Waals surface area contributed by atoms with Gasteiger partial charge < -0.3 is 4.98 Å². The van der Waals surface area contributed by atoms with Gasteiger partial charge in [-0.2, -0.15) is 0 Å². The number of fused-ring (bicyclic) bond motifs is 3. The molecule has 0 atom stereocenters. The number of nitro benzene ring substituents is 1. The lowest BCUT2D eigenvalue weighted by atomic mass is 10.2. The van der Waals surface area contributed by atoms with E-state index in [2.05, 4.69) is 15.2 Å². The van der Waals surface area contributed by atoms with Gasteiger partial charge in [0, 0.05) is 12.1 Å². The lowest BCUT2D eigenvalue weighted by Gasteiger charge is -1.99. The summed E-state index contributed by atoms with van der Waals surface area (Å²) >= 11 is 0. The number of nitrogens with zero attached hydrogens (tertiary/aromatic N) is 3. The van der Waals surface area contributed by atoms with Gasteiger partial charge in [-0.3, -0.25) is 14.9 Å². The molecule has 0 aliphatic rings. The number of nitro groups is 1. The molecular weight excluding hydrogens is 242 g/mol. The van der Waals surface area contributed by atoms with E-state index in [0.717, 1.165) is 4.40 Å². The fourth-order valence-corrected chi connectivity index (χ4v) is 1.78. The fraction of sp³-hybridized carbons (Fsp3) is 0. The lowest BCUT2D eigenvalue weighted by molar-refractivity contribution is -0.384. The molecule has 0 aliphatic heterocycles. The average molecular weight is 247 g/mol. The second kappa shape index (κ2) is 3.26. The Labute approximate surface area is 96.8 Å². The van der Waals surface area contributed by atoms with Crippen LogP contribution in [0, 0.1) is 10.1 Å². The predicted molar refractivity (Wildman–Crippen MR) is 60.6 cm³/mol. The minimum absolute atomic E-state index is 0.131. The third kappa shape index (κ3) is 1.24. The van der Waals surface area contributed by atoms with Gasteiger partial charge in [0.1, 0.15) is 0 Å². The number of hydrogen-bond donors (Lipinski definition) is 2. The molecule has 0 fully saturated rings. The van der Waals surface area contributed by atoms with Crippen molar-refractivity contribution >= 4 is 22.4 Å². The maximum absolute atomic E-state index is 11.6. The zero-order chi connectivity index (χ0) is 12.9. The quantitative estimate of drug-likeness (QED) is 0.453. The van der Waals surface area contributed by atoms with Gasteiger partial charge >= 0.3 is 5.69 Å². The van der Waals surface area contributed by atoms with Crippen molar-refractivity contribution in [2.45, 2.75) is 0 Å². The summed E-state index contributed by atoms with van der Waals surface area (Å²) < 4.78 is 1.00. The fourth-order valence-electron chi connectivity index (χ4n) is 1.78. The largest absolute Gasteiger partial charge is 0.348 e. The van der Waals surface area contributed by atoms with Gasteiger partial charge in [-0.15, -0.1) is 5.10 Å². The number of benzene rings is 1. The topological polar surface area (TPSA) is 126 Å². The minimum Gasteiger partial charge on any atom is -0.317 e. The van der Waals surface area contributed by atoms with Crippen LogP contribution in [-0.2, 0) is 0 Å². The van der Waals surface area contributed by atoms with E-state index >= 15 is 0 Å². The normalized spacial score (nSPS) is 11.1. The number of non-ortho nitro benzene ring substituents is 1. The Morgan fingerprint density at radius 3 is 2.83 bits per heavy atom. The van der Waals surface area contributed by atoms with E-state index in [1.807, 2.05) is 0 Å². The molecule has 0 saturated heterocycles. The summed E-state index contributed by atoms with van der Waals surface area (Å²) in [5.41, 5.74) is -0.938. The highest BCUT2D eigenvalue weighted by molar-refractivity contribution is 5.79. The molecule has 1 aromatic carbocycles. The van der Waals surface area contributed by atoms with Crippen LogP contribution in [0.3, 0.4) is 0 Å². The number of aromatic nitrogens is 4. The van der Waals surface area contributed by atoms with Crippen LogP contribution in [0.1, 0.15) is 0 Å². The number of hydrogen-bond acceptors (Lipinski definition) is 5. The van der Waals surface area contributed by atoms with Crippen LogP contribution in [0.4, 0.5) is 5.69 Å². The van der Waals surface area contributed by atoms with Crippen molar-refractivity contribution in [3.05, 3.63) is 49.2 Å². The molecule has 0 aliphatic carbocycles. The molecule has 0 spiro atoms. The molecule has 18 heavy (non-hydrogen) atoms. The standard InChI is InChI=1S/C9H5N5O4/c15-8-7-11-12-9(16)13(7)6-3-4(14(17)18)1-2-5(6)10-8/h1-3H,(H,10,15)(H,12,16). The SMILES string of the molecule is O=c1[nH]c2ccc([N+](=O)[O-])cc2n2c(=O)[nH]nc12. The lowest BCUT2D eigenvalue weighted by Crippen LogP contribution is -2.17. The molecule has 0 bridgehead atoms. The first-order valence-electron chi connectivity index (χ1n) is 4.85. The predicted octanol–water partition coefficient (Wildman–Crippen LogP) is -0.228. The Morgan fingerprint density at radius 1 is 1.33 bits per heavy atom. The Kier molecular flexibility index (Phi) is 1.85. The molecule has 0 radical (unpaired) electrons. The Bertz CT molecular complexity index is 903. The maximum Gasteiger partial charge on any atom is 0.348 e. The molecule has 0 amide bonds. The molecule has 9 nitrogen and oxygen atoms in total. The van der Waals surface area contributed by atoms with Gasteiger partial charge in [0.25, 0.3) is 11.2 Å². The van der Waals surface area contributed by atoms with Crippen molar-refractivity contribution < 1.29 is 4.92 Å². The highest BCUT2D eigenvalue weighted by atomic mass is 16.6. The smallest absolute Gasteiger partial charge is 0.317 e. The first-order chi connectivity index (χ1) is 8.58. The molecule has 9 heteroatoms. The third-order valence-corrected chi connectivity index (χ3v) is 2.56. The summed E-state index contributed by atoms with van der Waals surface area (Å²) in [7, 11) is 0. The Balaban J connectivity index is 2.61. The van der Waals surface area contributed by atoms with E-state index in [9.17, 15) is 19.7 Å². The molecule has 3 rings (SSSR count). The number of rotatable bonds is 1. The third-order valence-electron chi connectivity index (χ3n) is 2.56. The highest BCUT2D eigenvalue weighted by Crippen LogP contribution is 2.17. The van der Waals surface area contributed by atoms with Crippen LogP contribution in [-0.4, -0.2) is 24.5 Å². The van der Waals surface area contributed by atoms with E-state index in [0.29, 0.717) is 5.52 Å². The second-order valence-corrected chi connectivity index (χ2v) is 3.60. The van der Waals surface area contributed by atoms with Crippen LogP contribution in [0.15, 0.2) is 27.8 Å². The van der Waals surface area contributed by atoms with Crippen molar-refractivity contribution in [2.24, 2.45) is 0 Å². The molecule has 2 aromatic heterocycles. The van der Waals surface area contributed by atoms with Gasteiger partial charge in [-0.1, -0.05) is 0 Å². The Morgan fingerprint density at radius 2 is 2.11 bits per heavy atom. The van der Waals surface area contributed by atoms with Crippen molar-refractivity contribution in [1.82, 2.24) is 19.6 Å². The first-order valence-corrected chi connectivity index (χ1v) is 4.85. The van der Waals surface area contributed by atoms with Gasteiger partial charge in [-0.05, 0) is 6.07 Å². The second-order valence-electron chi connectivity index (χ2n) is 3.60. The van der Waals surface area contributed by atoms with E-state index in [4.69, 9.17) is 0 Å². The highest BCUT2D eigenvalue weighted by Gasteiger charge is 2.13. The number of nitrogens with one attached hydrogen (secondary N) is 2.